The summed E-state index contributed by atoms with van der Waals surface area (Å²) in [5.41, 5.74) is 3.09. The lowest BCUT2D eigenvalue weighted by molar-refractivity contribution is -0.111. The average molecular weight is 419 g/mol. The van der Waals surface area contributed by atoms with Gasteiger partial charge in [-0.05, 0) is 61.7 Å². The van der Waals surface area contributed by atoms with E-state index in [1.165, 1.54) is 5.69 Å². The summed E-state index contributed by atoms with van der Waals surface area (Å²) in [5.74, 6) is 0.399. The van der Waals surface area contributed by atoms with Gasteiger partial charge in [0.1, 0.15) is 0 Å². The van der Waals surface area contributed by atoms with Crippen LogP contribution in [0.3, 0.4) is 0 Å². The first-order valence-electron chi connectivity index (χ1n) is 10.3. The smallest absolute Gasteiger partial charge is 0.198 e. The summed E-state index contributed by atoms with van der Waals surface area (Å²) in [5, 5.41) is 8.77. The highest BCUT2D eigenvalue weighted by atomic mass is 32.1. The molecule has 0 unspecified atom stereocenters. The molecule has 1 atom stereocenters. The summed E-state index contributed by atoms with van der Waals surface area (Å²) in [6, 6.07) is 22.6. The summed E-state index contributed by atoms with van der Waals surface area (Å²) in [7, 11) is 0. The Labute approximate surface area is 181 Å². The molecular weight excluding hydrogens is 392 g/mol. The zero-order valence-electron chi connectivity index (χ0n) is 17.5. The van der Waals surface area contributed by atoms with Crippen molar-refractivity contribution < 1.29 is 4.79 Å². The van der Waals surface area contributed by atoms with Crippen molar-refractivity contribution in [3.8, 4) is 0 Å². The summed E-state index contributed by atoms with van der Waals surface area (Å²) in [4.78, 5) is 18.1. The van der Waals surface area contributed by atoms with E-state index in [9.17, 15) is 4.79 Å². The standard InChI is InChI=1S/C24H26N4OS/c1-4-26(5-2)19-13-15-20(16-14-19)27-23(18(3)29)25-28(21-10-7-6-8-11-21)24(27)22-12-9-17-30-22/h6-17,24H,4-5H2,1-3H3/t24-/m0/s1. The SMILES string of the molecule is CCN(CC)c1ccc(N2C(C(C)=O)=NN(c3ccccc3)[C@H]2c2cccs2)cc1. The van der Waals surface area contributed by atoms with E-state index in [0.717, 1.165) is 29.3 Å². The van der Waals surface area contributed by atoms with Gasteiger partial charge in [0, 0.05) is 36.3 Å². The number of hydrazone groups is 1. The van der Waals surface area contributed by atoms with Crippen molar-refractivity contribution in [2.24, 2.45) is 5.10 Å². The molecule has 0 radical (unpaired) electrons. The van der Waals surface area contributed by atoms with Crippen LogP contribution in [0.25, 0.3) is 0 Å². The quantitative estimate of drug-likeness (QED) is 0.506. The summed E-state index contributed by atoms with van der Waals surface area (Å²) < 4.78 is 0. The number of hydrogen-bond acceptors (Lipinski definition) is 6. The van der Waals surface area contributed by atoms with Crippen molar-refractivity contribution in [2.75, 3.05) is 27.9 Å². The number of rotatable bonds is 7. The van der Waals surface area contributed by atoms with Crippen LogP contribution in [0.5, 0.6) is 0 Å². The van der Waals surface area contributed by atoms with Crippen molar-refractivity contribution in [2.45, 2.75) is 26.9 Å². The summed E-state index contributed by atoms with van der Waals surface area (Å²) in [6.07, 6.45) is -0.203. The minimum Gasteiger partial charge on any atom is -0.372 e. The van der Waals surface area contributed by atoms with Crippen LogP contribution in [0.15, 0.2) is 77.2 Å². The number of nitrogens with zero attached hydrogens (tertiary/aromatic N) is 4. The van der Waals surface area contributed by atoms with Gasteiger partial charge in [-0.15, -0.1) is 16.4 Å². The van der Waals surface area contributed by atoms with Crippen LogP contribution < -0.4 is 14.8 Å². The monoisotopic (exact) mass is 418 g/mol. The van der Waals surface area contributed by atoms with E-state index in [4.69, 9.17) is 5.10 Å². The average Bonchev–Trinajstić information content (AvgIpc) is 3.43. The summed E-state index contributed by atoms with van der Waals surface area (Å²) in [6.45, 7) is 7.81. The van der Waals surface area contributed by atoms with Crippen molar-refractivity contribution in [1.29, 1.82) is 0 Å². The molecule has 1 aromatic heterocycles. The van der Waals surface area contributed by atoms with Crippen LogP contribution in [0.4, 0.5) is 17.1 Å². The van der Waals surface area contributed by atoms with Crippen molar-refractivity contribution in [3.63, 3.8) is 0 Å². The molecule has 4 rings (SSSR count). The Morgan fingerprint density at radius 1 is 0.967 bits per heavy atom. The molecule has 1 aliphatic rings. The molecule has 154 valence electrons. The predicted molar refractivity (Wildman–Crippen MR) is 127 cm³/mol. The fraction of sp³-hybridized carbons (Fsp3) is 0.250. The normalized spacial score (nSPS) is 16.0. The molecule has 2 heterocycles. The van der Waals surface area contributed by atoms with Crippen LogP contribution in [-0.2, 0) is 4.79 Å². The van der Waals surface area contributed by atoms with Gasteiger partial charge < -0.3 is 4.90 Å². The number of amidine groups is 1. The number of ketones is 1. The third kappa shape index (κ3) is 3.71. The molecule has 0 spiro atoms. The van der Waals surface area contributed by atoms with Crippen LogP contribution in [-0.4, -0.2) is 24.7 Å². The lowest BCUT2D eigenvalue weighted by Crippen LogP contribution is -2.37. The molecule has 0 bridgehead atoms. The number of hydrogen-bond donors (Lipinski definition) is 0. The zero-order valence-corrected chi connectivity index (χ0v) is 18.3. The van der Waals surface area contributed by atoms with Crippen LogP contribution in [0, 0.1) is 0 Å². The number of Topliss-reactive ketones (excluding diaryl/α,β-unsaturated/α-hetero) is 1. The first-order chi connectivity index (χ1) is 14.6. The van der Waals surface area contributed by atoms with Gasteiger partial charge in [-0.1, -0.05) is 24.3 Å². The molecule has 5 nitrogen and oxygen atoms in total. The number of thiophene rings is 1. The number of anilines is 3. The maximum absolute atomic E-state index is 12.6. The molecule has 0 amide bonds. The maximum atomic E-state index is 12.6. The lowest BCUT2D eigenvalue weighted by Gasteiger charge is -2.31. The Morgan fingerprint density at radius 3 is 2.23 bits per heavy atom. The molecule has 0 saturated carbocycles. The molecule has 0 N–H and O–H groups in total. The minimum atomic E-state index is -0.203. The number of carbonyl (C=O) groups is 1. The van der Waals surface area contributed by atoms with Gasteiger partial charge >= 0.3 is 0 Å². The molecule has 30 heavy (non-hydrogen) atoms. The first kappa shape index (κ1) is 20.2. The highest BCUT2D eigenvalue weighted by Gasteiger charge is 2.39. The van der Waals surface area contributed by atoms with E-state index < -0.39 is 0 Å². The second kappa shape index (κ2) is 8.71. The Hall–Kier alpha value is -3.12. The second-order valence-corrected chi connectivity index (χ2v) is 8.09. The molecule has 1 aliphatic heterocycles. The highest BCUT2D eigenvalue weighted by molar-refractivity contribution is 7.10. The maximum Gasteiger partial charge on any atom is 0.198 e. The van der Waals surface area contributed by atoms with E-state index in [1.54, 1.807) is 18.3 Å². The number of para-hydroxylation sites is 1. The van der Waals surface area contributed by atoms with Gasteiger partial charge in [0.15, 0.2) is 17.8 Å². The predicted octanol–water partition coefficient (Wildman–Crippen LogP) is 5.52. The molecule has 2 aromatic carbocycles. The Kier molecular flexibility index (Phi) is 5.86. The van der Waals surface area contributed by atoms with Gasteiger partial charge in [-0.3, -0.25) is 9.69 Å². The third-order valence-electron chi connectivity index (χ3n) is 5.30. The van der Waals surface area contributed by atoms with E-state index in [2.05, 4.69) is 54.5 Å². The molecule has 0 aliphatic carbocycles. The van der Waals surface area contributed by atoms with E-state index >= 15 is 0 Å². The summed E-state index contributed by atoms with van der Waals surface area (Å²) >= 11 is 1.67. The van der Waals surface area contributed by atoms with Crippen molar-refractivity contribution in [3.05, 3.63) is 77.0 Å². The van der Waals surface area contributed by atoms with Crippen molar-refractivity contribution >= 4 is 40.0 Å². The lowest BCUT2D eigenvalue weighted by atomic mass is 10.2. The van der Waals surface area contributed by atoms with E-state index in [1.807, 2.05) is 46.3 Å². The molecule has 0 saturated heterocycles. The zero-order chi connectivity index (χ0) is 21.1. The highest BCUT2D eigenvalue weighted by Crippen LogP contribution is 2.40. The van der Waals surface area contributed by atoms with Gasteiger partial charge in [0.05, 0.1) is 5.69 Å². The fourth-order valence-corrected chi connectivity index (χ4v) is 4.61. The van der Waals surface area contributed by atoms with Crippen molar-refractivity contribution in [1.82, 2.24) is 0 Å². The van der Waals surface area contributed by atoms with E-state index in [0.29, 0.717) is 5.84 Å². The van der Waals surface area contributed by atoms with E-state index in [-0.39, 0.29) is 11.9 Å². The van der Waals surface area contributed by atoms with Crippen LogP contribution >= 0.6 is 11.3 Å². The van der Waals surface area contributed by atoms with Gasteiger partial charge in [-0.25, -0.2) is 5.01 Å². The molecule has 3 aromatic rings. The van der Waals surface area contributed by atoms with Gasteiger partial charge in [0.25, 0.3) is 0 Å². The number of carbonyl (C=O) groups excluding carboxylic acids is 1. The number of benzene rings is 2. The molecular formula is C24H26N4OS. The Balaban J connectivity index is 1.79. The topological polar surface area (TPSA) is 39.1 Å². The van der Waals surface area contributed by atoms with Crippen LogP contribution in [0.1, 0.15) is 31.8 Å². The van der Waals surface area contributed by atoms with Crippen LogP contribution in [0.2, 0.25) is 0 Å². The Bertz CT molecular complexity index is 1010. The Morgan fingerprint density at radius 2 is 1.67 bits per heavy atom. The molecule has 0 fully saturated rings. The fourth-order valence-electron chi connectivity index (χ4n) is 3.81. The second-order valence-electron chi connectivity index (χ2n) is 7.11. The first-order valence-corrected chi connectivity index (χ1v) is 11.1. The third-order valence-corrected chi connectivity index (χ3v) is 6.21. The van der Waals surface area contributed by atoms with Gasteiger partial charge in [-0.2, -0.15) is 0 Å². The minimum absolute atomic E-state index is 0.0530. The van der Waals surface area contributed by atoms with Gasteiger partial charge in [0.2, 0.25) is 0 Å². The largest absolute Gasteiger partial charge is 0.372 e. The molecule has 6 heteroatoms.